The molecule has 2 rings (SSSR count). The molecule has 0 saturated carbocycles. The summed E-state index contributed by atoms with van der Waals surface area (Å²) in [7, 11) is 3.35. The standard InChI is InChI=1S/C15H14INO2/c1-17(13-8-3-4-9-14(13)19-2)15(18)11-6-5-7-12(16)10-11/h3-10H,1-2H3. The number of methoxy groups -OCH3 is 1. The fraction of sp³-hybridized carbons (Fsp3) is 0.133. The summed E-state index contributed by atoms with van der Waals surface area (Å²) in [5.74, 6) is 0.631. The first-order valence-electron chi connectivity index (χ1n) is 5.80. The van der Waals surface area contributed by atoms with Crippen LogP contribution in [-0.4, -0.2) is 20.1 Å². The Hall–Kier alpha value is -1.56. The van der Waals surface area contributed by atoms with Crippen molar-refractivity contribution in [2.24, 2.45) is 0 Å². The molecule has 2 aromatic rings. The van der Waals surface area contributed by atoms with Gasteiger partial charge in [0.25, 0.3) is 5.91 Å². The van der Waals surface area contributed by atoms with Gasteiger partial charge in [0.2, 0.25) is 0 Å². The lowest BCUT2D eigenvalue weighted by Crippen LogP contribution is -2.26. The first-order valence-corrected chi connectivity index (χ1v) is 6.88. The molecule has 0 spiro atoms. The predicted octanol–water partition coefficient (Wildman–Crippen LogP) is 3.58. The highest BCUT2D eigenvalue weighted by atomic mass is 127. The molecule has 0 radical (unpaired) electrons. The molecule has 0 N–H and O–H groups in total. The van der Waals surface area contributed by atoms with Gasteiger partial charge in [-0.05, 0) is 52.9 Å². The molecule has 1 amide bonds. The molecule has 3 nitrogen and oxygen atoms in total. The van der Waals surface area contributed by atoms with Crippen molar-refractivity contribution in [1.82, 2.24) is 0 Å². The third-order valence-corrected chi connectivity index (χ3v) is 3.49. The van der Waals surface area contributed by atoms with E-state index in [0.717, 1.165) is 9.26 Å². The highest BCUT2D eigenvalue weighted by Crippen LogP contribution is 2.27. The minimum atomic E-state index is -0.0528. The Morgan fingerprint density at radius 3 is 2.58 bits per heavy atom. The summed E-state index contributed by atoms with van der Waals surface area (Å²) in [5.41, 5.74) is 1.43. The van der Waals surface area contributed by atoms with E-state index in [4.69, 9.17) is 4.74 Å². The summed E-state index contributed by atoms with van der Waals surface area (Å²) in [6.07, 6.45) is 0. The molecule has 0 heterocycles. The maximum atomic E-state index is 12.4. The summed E-state index contributed by atoms with van der Waals surface area (Å²) in [6, 6.07) is 15.0. The Morgan fingerprint density at radius 2 is 1.89 bits per heavy atom. The van der Waals surface area contributed by atoms with Gasteiger partial charge in [-0.3, -0.25) is 4.79 Å². The van der Waals surface area contributed by atoms with Gasteiger partial charge < -0.3 is 9.64 Å². The van der Waals surface area contributed by atoms with Crippen molar-refractivity contribution in [1.29, 1.82) is 0 Å². The average Bonchev–Trinajstić information content (AvgIpc) is 2.45. The Bertz CT molecular complexity index is 598. The fourth-order valence-electron chi connectivity index (χ4n) is 1.83. The maximum Gasteiger partial charge on any atom is 0.258 e. The molecule has 2 aromatic carbocycles. The Morgan fingerprint density at radius 1 is 1.16 bits per heavy atom. The molecule has 0 aliphatic rings. The number of ether oxygens (including phenoxy) is 1. The number of anilines is 1. The number of hydrogen-bond acceptors (Lipinski definition) is 2. The Labute approximate surface area is 126 Å². The third kappa shape index (κ3) is 3.07. The van der Waals surface area contributed by atoms with Gasteiger partial charge in [0.05, 0.1) is 12.8 Å². The molecule has 0 aromatic heterocycles. The maximum absolute atomic E-state index is 12.4. The molecular weight excluding hydrogens is 353 g/mol. The number of benzene rings is 2. The number of halogens is 1. The molecule has 0 unspecified atom stereocenters. The number of amides is 1. The molecule has 0 aliphatic carbocycles. The van der Waals surface area contributed by atoms with Crippen molar-refractivity contribution in [2.75, 3.05) is 19.1 Å². The van der Waals surface area contributed by atoms with Crippen LogP contribution in [0.3, 0.4) is 0 Å². The Kier molecular flexibility index (Phi) is 4.42. The van der Waals surface area contributed by atoms with Gasteiger partial charge in [-0.25, -0.2) is 0 Å². The molecule has 4 heteroatoms. The van der Waals surface area contributed by atoms with Crippen molar-refractivity contribution >= 4 is 34.2 Å². The van der Waals surface area contributed by atoms with Crippen LogP contribution in [0.5, 0.6) is 5.75 Å². The summed E-state index contributed by atoms with van der Waals surface area (Å²) in [6.45, 7) is 0. The number of carbonyl (C=O) groups is 1. The molecule has 0 atom stereocenters. The van der Waals surface area contributed by atoms with E-state index in [1.165, 1.54) is 0 Å². The highest BCUT2D eigenvalue weighted by Gasteiger charge is 2.16. The molecule has 98 valence electrons. The van der Waals surface area contributed by atoms with Crippen LogP contribution in [0.2, 0.25) is 0 Å². The second kappa shape index (κ2) is 6.06. The van der Waals surface area contributed by atoms with Crippen molar-refractivity contribution in [3.8, 4) is 5.75 Å². The van der Waals surface area contributed by atoms with E-state index in [-0.39, 0.29) is 5.91 Å². The van der Waals surface area contributed by atoms with Crippen molar-refractivity contribution in [2.45, 2.75) is 0 Å². The summed E-state index contributed by atoms with van der Waals surface area (Å²) < 4.78 is 6.32. The van der Waals surface area contributed by atoms with Crippen molar-refractivity contribution in [3.63, 3.8) is 0 Å². The van der Waals surface area contributed by atoms with E-state index in [0.29, 0.717) is 11.3 Å². The summed E-state index contributed by atoms with van der Waals surface area (Å²) in [4.78, 5) is 14.0. The van der Waals surface area contributed by atoms with Crippen LogP contribution in [0, 0.1) is 3.57 Å². The molecule has 0 bridgehead atoms. The number of rotatable bonds is 3. The zero-order valence-electron chi connectivity index (χ0n) is 10.8. The highest BCUT2D eigenvalue weighted by molar-refractivity contribution is 14.1. The normalized spacial score (nSPS) is 10.1. The average molecular weight is 367 g/mol. The van der Waals surface area contributed by atoms with Crippen LogP contribution in [0.15, 0.2) is 48.5 Å². The number of hydrogen-bond donors (Lipinski definition) is 0. The minimum Gasteiger partial charge on any atom is -0.495 e. The fourth-order valence-corrected chi connectivity index (χ4v) is 2.37. The van der Waals surface area contributed by atoms with Gasteiger partial charge in [0.1, 0.15) is 5.75 Å². The zero-order chi connectivity index (χ0) is 13.8. The topological polar surface area (TPSA) is 29.5 Å². The monoisotopic (exact) mass is 367 g/mol. The van der Waals surface area contributed by atoms with Gasteiger partial charge in [-0.15, -0.1) is 0 Å². The second-order valence-electron chi connectivity index (χ2n) is 4.05. The van der Waals surface area contributed by atoms with Crippen molar-refractivity contribution < 1.29 is 9.53 Å². The Balaban J connectivity index is 2.33. The van der Waals surface area contributed by atoms with Gasteiger partial charge in [-0.1, -0.05) is 18.2 Å². The van der Waals surface area contributed by atoms with Gasteiger partial charge >= 0.3 is 0 Å². The lowest BCUT2D eigenvalue weighted by Gasteiger charge is -2.20. The van der Waals surface area contributed by atoms with Crippen LogP contribution in [0.4, 0.5) is 5.69 Å². The van der Waals surface area contributed by atoms with E-state index < -0.39 is 0 Å². The van der Waals surface area contributed by atoms with E-state index in [1.54, 1.807) is 19.1 Å². The molecule has 19 heavy (non-hydrogen) atoms. The van der Waals surface area contributed by atoms with Crippen LogP contribution in [0.1, 0.15) is 10.4 Å². The van der Waals surface area contributed by atoms with E-state index in [9.17, 15) is 4.79 Å². The quantitative estimate of drug-likeness (QED) is 0.777. The zero-order valence-corrected chi connectivity index (χ0v) is 12.9. The van der Waals surface area contributed by atoms with Crippen LogP contribution in [-0.2, 0) is 0 Å². The first-order chi connectivity index (χ1) is 9.13. The molecule has 0 fully saturated rings. The lowest BCUT2D eigenvalue weighted by atomic mass is 10.2. The second-order valence-corrected chi connectivity index (χ2v) is 5.29. The molecular formula is C15H14INO2. The number of nitrogens with zero attached hydrogens (tertiary/aromatic N) is 1. The molecule has 0 aliphatic heterocycles. The van der Waals surface area contributed by atoms with E-state index in [1.807, 2.05) is 48.5 Å². The predicted molar refractivity (Wildman–Crippen MR) is 84.9 cm³/mol. The molecule has 0 saturated heterocycles. The van der Waals surface area contributed by atoms with Gasteiger partial charge in [0.15, 0.2) is 0 Å². The summed E-state index contributed by atoms with van der Waals surface area (Å²) in [5, 5.41) is 0. The third-order valence-electron chi connectivity index (χ3n) is 2.82. The van der Waals surface area contributed by atoms with Crippen LogP contribution < -0.4 is 9.64 Å². The lowest BCUT2D eigenvalue weighted by molar-refractivity contribution is 0.0992. The summed E-state index contributed by atoms with van der Waals surface area (Å²) >= 11 is 2.20. The number of para-hydroxylation sites is 2. The van der Waals surface area contributed by atoms with Crippen LogP contribution >= 0.6 is 22.6 Å². The van der Waals surface area contributed by atoms with Crippen LogP contribution in [0.25, 0.3) is 0 Å². The van der Waals surface area contributed by atoms with E-state index >= 15 is 0 Å². The SMILES string of the molecule is COc1ccccc1N(C)C(=O)c1cccc(I)c1. The first kappa shape index (κ1) is 13.9. The minimum absolute atomic E-state index is 0.0528. The largest absolute Gasteiger partial charge is 0.495 e. The smallest absolute Gasteiger partial charge is 0.258 e. The van der Waals surface area contributed by atoms with Gasteiger partial charge in [-0.2, -0.15) is 0 Å². The number of carbonyl (C=O) groups excluding carboxylic acids is 1. The van der Waals surface area contributed by atoms with E-state index in [2.05, 4.69) is 22.6 Å². The van der Waals surface area contributed by atoms with Gasteiger partial charge in [0, 0.05) is 16.2 Å². The van der Waals surface area contributed by atoms with Crippen molar-refractivity contribution in [3.05, 3.63) is 57.7 Å².